The molecule has 0 spiro atoms. The molecule has 0 radical (unpaired) electrons. The Bertz CT molecular complexity index is 574. The van der Waals surface area contributed by atoms with Gasteiger partial charge in [-0.05, 0) is 36.5 Å². The summed E-state index contributed by atoms with van der Waals surface area (Å²) in [7, 11) is -3.62. The molecule has 0 atom stereocenters. The van der Waals surface area contributed by atoms with Crippen LogP contribution in [0.4, 0.5) is 0 Å². The number of carboxylic acids is 1. The molecule has 0 aromatic heterocycles. The standard InChI is InChI=1S/C15H21NO4S/c17-15(18)10-11-16-21(19,20)14-8-6-13(7-9-14)12-4-2-1-3-5-12/h6-9,12,16H,1-5,10-11H2,(H,17,18). The first kappa shape index (κ1) is 16.0. The van der Waals surface area contributed by atoms with E-state index in [1.165, 1.54) is 37.7 Å². The van der Waals surface area contributed by atoms with Crippen LogP contribution in [0.2, 0.25) is 0 Å². The van der Waals surface area contributed by atoms with E-state index in [0.717, 1.165) is 0 Å². The van der Waals surface area contributed by atoms with Gasteiger partial charge in [0.05, 0.1) is 11.3 Å². The lowest BCUT2D eigenvalue weighted by Gasteiger charge is -2.22. The molecule has 5 nitrogen and oxygen atoms in total. The zero-order valence-corrected chi connectivity index (χ0v) is 12.7. The summed E-state index contributed by atoms with van der Waals surface area (Å²) in [5.74, 6) is -0.485. The molecule has 21 heavy (non-hydrogen) atoms. The van der Waals surface area contributed by atoms with Gasteiger partial charge >= 0.3 is 5.97 Å². The van der Waals surface area contributed by atoms with E-state index in [1.54, 1.807) is 12.1 Å². The number of carbonyl (C=O) groups is 1. The molecule has 1 fully saturated rings. The van der Waals surface area contributed by atoms with E-state index in [1.807, 2.05) is 12.1 Å². The molecule has 0 heterocycles. The van der Waals surface area contributed by atoms with Crippen LogP contribution < -0.4 is 4.72 Å². The van der Waals surface area contributed by atoms with E-state index in [0.29, 0.717) is 5.92 Å². The molecular weight excluding hydrogens is 290 g/mol. The molecule has 0 bridgehead atoms. The topological polar surface area (TPSA) is 83.5 Å². The van der Waals surface area contributed by atoms with Crippen LogP contribution in [0.5, 0.6) is 0 Å². The maximum Gasteiger partial charge on any atom is 0.304 e. The third kappa shape index (κ3) is 4.54. The second kappa shape index (κ2) is 7.04. The summed E-state index contributed by atoms with van der Waals surface area (Å²) >= 11 is 0. The fraction of sp³-hybridized carbons (Fsp3) is 0.533. The van der Waals surface area contributed by atoms with Crippen molar-refractivity contribution in [2.45, 2.75) is 49.3 Å². The van der Waals surface area contributed by atoms with Crippen molar-refractivity contribution in [1.82, 2.24) is 4.72 Å². The summed E-state index contributed by atoms with van der Waals surface area (Å²) in [5.41, 5.74) is 1.19. The number of sulfonamides is 1. The molecule has 0 amide bonds. The van der Waals surface area contributed by atoms with Crippen LogP contribution in [-0.4, -0.2) is 26.0 Å². The number of benzene rings is 1. The summed E-state index contributed by atoms with van der Waals surface area (Å²) in [5, 5.41) is 8.53. The van der Waals surface area contributed by atoms with Gasteiger partial charge in [-0.3, -0.25) is 4.79 Å². The van der Waals surface area contributed by atoms with Crippen molar-refractivity contribution in [3.63, 3.8) is 0 Å². The largest absolute Gasteiger partial charge is 0.481 e. The minimum absolute atomic E-state index is 0.0952. The molecule has 1 aromatic carbocycles. The van der Waals surface area contributed by atoms with Crippen LogP contribution in [0.15, 0.2) is 29.2 Å². The zero-order chi connectivity index (χ0) is 15.3. The Morgan fingerprint density at radius 2 is 1.76 bits per heavy atom. The van der Waals surface area contributed by atoms with Gasteiger partial charge < -0.3 is 5.11 Å². The predicted molar refractivity (Wildman–Crippen MR) is 79.7 cm³/mol. The Kier molecular flexibility index (Phi) is 5.36. The summed E-state index contributed by atoms with van der Waals surface area (Å²) in [6, 6.07) is 6.96. The van der Waals surface area contributed by atoms with Crippen LogP contribution in [0.1, 0.15) is 50.0 Å². The number of aliphatic carboxylic acids is 1. The van der Waals surface area contributed by atoms with E-state index >= 15 is 0 Å². The lowest BCUT2D eigenvalue weighted by Crippen LogP contribution is -2.26. The molecule has 116 valence electrons. The molecule has 1 saturated carbocycles. The first-order valence-corrected chi connectivity index (χ1v) is 8.79. The van der Waals surface area contributed by atoms with E-state index in [9.17, 15) is 13.2 Å². The summed E-state index contributed by atoms with van der Waals surface area (Å²) in [6.07, 6.45) is 5.88. The fourth-order valence-electron chi connectivity index (χ4n) is 2.73. The van der Waals surface area contributed by atoms with E-state index in [4.69, 9.17) is 5.11 Å². The maximum atomic E-state index is 12.0. The van der Waals surface area contributed by atoms with Gasteiger partial charge in [0.25, 0.3) is 0 Å². The Balaban J connectivity index is 2.01. The highest BCUT2D eigenvalue weighted by Crippen LogP contribution is 2.32. The van der Waals surface area contributed by atoms with Gasteiger partial charge in [0.2, 0.25) is 10.0 Å². The molecule has 1 aliphatic carbocycles. The third-order valence-electron chi connectivity index (χ3n) is 3.90. The molecule has 2 rings (SSSR count). The van der Waals surface area contributed by atoms with Gasteiger partial charge in [-0.2, -0.15) is 0 Å². The summed E-state index contributed by atoms with van der Waals surface area (Å²) in [4.78, 5) is 10.6. The normalized spacial score (nSPS) is 16.8. The average Bonchev–Trinajstić information content (AvgIpc) is 2.48. The van der Waals surface area contributed by atoms with E-state index < -0.39 is 16.0 Å². The first-order valence-electron chi connectivity index (χ1n) is 7.30. The minimum Gasteiger partial charge on any atom is -0.481 e. The molecule has 2 N–H and O–H groups in total. The van der Waals surface area contributed by atoms with Crippen LogP contribution in [-0.2, 0) is 14.8 Å². The van der Waals surface area contributed by atoms with Crippen LogP contribution >= 0.6 is 0 Å². The zero-order valence-electron chi connectivity index (χ0n) is 11.9. The highest BCUT2D eigenvalue weighted by Gasteiger charge is 2.18. The lowest BCUT2D eigenvalue weighted by atomic mass is 9.84. The summed E-state index contributed by atoms with van der Waals surface area (Å²) < 4.78 is 26.3. The predicted octanol–water partition coefficient (Wildman–Crippen LogP) is 2.49. The van der Waals surface area contributed by atoms with Crippen LogP contribution in [0.25, 0.3) is 0 Å². The molecule has 0 saturated heterocycles. The highest BCUT2D eigenvalue weighted by atomic mass is 32.2. The van der Waals surface area contributed by atoms with Crippen molar-refractivity contribution in [2.75, 3.05) is 6.54 Å². The van der Waals surface area contributed by atoms with E-state index in [-0.39, 0.29) is 17.9 Å². The Labute approximate surface area is 125 Å². The number of carboxylic acid groups (broad SMARTS) is 1. The van der Waals surface area contributed by atoms with Crippen LogP contribution in [0, 0.1) is 0 Å². The second-order valence-electron chi connectivity index (χ2n) is 5.45. The Hall–Kier alpha value is -1.40. The third-order valence-corrected chi connectivity index (χ3v) is 5.37. The highest BCUT2D eigenvalue weighted by molar-refractivity contribution is 7.89. The van der Waals surface area contributed by atoms with E-state index in [2.05, 4.69) is 4.72 Å². The molecular formula is C15H21NO4S. The monoisotopic (exact) mass is 311 g/mol. The molecule has 0 unspecified atom stereocenters. The van der Waals surface area contributed by atoms with Gasteiger partial charge in [-0.15, -0.1) is 0 Å². The van der Waals surface area contributed by atoms with Gasteiger partial charge in [0.1, 0.15) is 0 Å². The lowest BCUT2D eigenvalue weighted by molar-refractivity contribution is -0.136. The van der Waals surface area contributed by atoms with Crippen molar-refractivity contribution >= 4 is 16.0 Å². The van der Waals surface area contributed by atoms with Crippen molar-refractivity contribution in [2.24, 2.45) is 0 Å². The smallest absolute Gasteiger partial charge is 0.304 e. The molecule has 0 aliphatic heterocycles. The minimum atomic E-state index is -3.62. The number of hydrogen-bond donors (Lipinski definition) is 2. The summed E-state index contributed by atoms with van der Waals surface area (Å²) in [6.45, 7) is -0.0952. The quantitative estimate of drug-likeness (QED) is 0.845. The van der Waals surface area contributed by atoms with Crippen molar-refractivity contribution in [3.05, 3.63) is 29.8 Å². The number of nitrogens with one attached hydrogen (secondary N) is 1. The van der Waals surface area contributed by atoms with Gasteiger partial charge in [-0.25, -0.2) is 13.1 Å². The Morgan fingerprint density at radius 3 is 2.33 bits per heavy atom. The van der Waals surface area contributed by atoms with Crippen molar-refractivity contribution in [3.8, 4) is 0 Å². The van der Waals surface area contributed by atoms with Gasteiger partial charge in [0, 0.05) is 6.54 Å². The number of rotatable bonds is 6. The SMILES string of the molecule is O=C(O)CCNS(=O)(=O)c1ccc(C2CCCCC2)cc1. The van der Waals surface area contributed by atoms with Gasteiger partial charge in [0.15, 0.2) is 0 Å². The van der Waals surface area contributed by atoms with Crippen molar-refractivity contribution in [1.29, 1.82) is 0 Å². The van der Waals surface area contributed by atoms with Crippen molar-refractivity contribution < 1.29 is 18.3 Å². The second-order valence-corrected chi connectivity index (χ2v) is 7.21. The van der Waals surface area contributed by atoms with Crippen LogP contribution in [0.3, 0.4) is 0 Å². The molecule has 1 aromatic rings. The first-order chi connectivity index (χ1) is 9.99. The molecule has 1 aliphatic rings. The fourth-order valence-corrected chi connectivity index (χ4v) is 3.76. The maximum absolute atomic E-state index is 12.0. The Morgan fingerprint density at radius 1 is 1.14 bits per heavy atom. The number of hydrogen-bond acceptors (Lipinski definition) is 3. The van der Waals surface area contributed by atoms with Gasteiger partial charge in [-0.1, -0.05) is 31.4 Å². The molecule has 6 heteroatoms. The average molecular weight is 311 g/mol.